The Hall–Kier alpha value is -2.23. The molecule has 0 radical (unpaired) electrons. The molecule has 0 spiro atoms. The van der Waals surface area contributed by atoms with Crippen LogP contribution in [0.2, 0.25) is 0 Å². The summed E-state index contributed by atoms with van der Waals surface area (Å²) >= 11 is 0. The van der Waals surface area contributed by atoms with Crippen LogP contribution < -0.4 is 0 Å². The maximum absolute atomic E-state index is 13.2. The third-order valence-electron chi connectivity index (χ3n) is 4.24. The molecular weight excluding hydrogens is 322 g/mol. The molecule has 2 nitrogen and oxygen atoms in total. The van der Waals surface area contributed by atoms with Gasteiger partial charge in [0.15, 0.2) is 0 Å². The summed E-state index contributed by atoms with van der Waals surface area (Å²) in [5.41, 5.74) is 3.12. The second kappa shape index (κ2) is 5.94. The van der Waals surface area contributed by atoms with Gasteiger partial charge < -0.3 is 4.74 Å². The first-order valence-electron chi connectivity index (χ1n) is 8.39. The van der Waals surface area contributed by atoms with Crippen molar-refractivity contribution >= 4 is 5.97 Å². The Balaban J connectivity index is 1.93. The summed E-state index contributed by atoms with van der Waals surface area (Å²) in [6, 6.07) is 12.6. The van der Waals surface area contributed by atoms with Gasteiger partial charge in [-0.25, -0.2) is 13.6 Å². The standard InChI is InChI=1S/C21H22F2O2/c1-13-5-10-16(19(24)25-20(2,3)4)17(11-13)14-6-8-15(9-7-14)18-12-21(18,22)23/h5-11,18H,12H2,1-4H3. The minimum atomic E-state index is -2.58. The molecule has 1 aliphatic rings. The zero-order valence-corrected chi connectivity index (χ0v) is 14.9. The van der Waals surface area contributed by atoms with E-state index in [0.29, 0.717) is 11.1 Å². The van der Waals surface area contributed by atoms with Gasteiger partial charge in [-0.3, -0.25) is 0 Å². The lowest BCUT2D eigenvalue weighted by Crippen LogP contribution is -2.24. The predicted octanol–water partition coefficient (Wildman–Crippen LogP) is 5.74. The number of esters is 1. The van der Waals surface area contributed by atoms with Crippen molar-refractivity contribution in [2.45, 2.75) is 51.6 Å². The molecule has 0 heterocycles. The minimum Gasteiger partial charge on any atom is -0.456 e. The van der Waals surface area contributed by atoms with Gasteiger partial charge >= 0.3 is 5.97 Å². The third kappa shape index (κ3) is 3.89. The molecule has 1 saturated carbocycles. The van der Waals surface area contributed by atoms with E-state index in [4.69, 9.17) is 4.74 Å². The Morgan fingerprint density at radius 2 is 1.72 bits per heavy atom. The first-order valence-corrected chi connectivity index (χ1v) is 8.39. The molecule has 1 unspecified atom stereocenters. The Morgan fingerprint density at radius 3 is 2.24 bits per heavy atom. The second-order valence-corrected chi connectivity index (χ2v) is 7.69. The van der Waals surface area contributed by atoms with Crippen LogP contribution in [0, 0.1) is 6.92 Å². The minimum absolute atomic E-state index is 0.0834. The van der Waals surface area contributed by atoms with Gasteiger partial charge in [0.05, 0.1) is 11.5 Å². The van der Waals surface area contributed by atoms with Crippen LogP contribution in [-0.4, -0.2) is 17.5 Å². The lowest BCUT2D eigenvalue weighted by atomic mass is 9.96. The van der Waals surface area contributed by atoms with Crippen LogP contribution in [0.15, 0.2) is 42.5 Å². The average molecular weight is 344 g/mol. The maximum Gasteiger partial charge on any atom is 0.339 e. The highest BCUT2D eigenvalue weighted by atomic mass is 19.3. The topological polar surface area (TPSA) is 26.3 Å². The quantitative estimate of drug-likeness (QED) is 0.664. The number of alkyl halides is 2. The van der Waals surface area contributed by atoms with Crippen molar-refractivity contribution in [3.8, 4) is 11.1 Å². The predicted molar refractivity (Wildman–Crippen MR) is 94.1 cm³/mol. The van der Waals surface area contributed by atoms with Crippen LogP contribution >= 0.6 is 0 Å². The van der Waals surface area contributed by atoms with Crippen molar-refractivity contribution in [3.05, 3.63) is 59.2 Å². The van der Waals surface area contributed by atoms with Crippen molar-refractivity contribution in [2.24, 2.45) is 0 Å². The molecule has 2 aromatic carbocycles. The van der Waals surface area contributed by atoms with E-state index in [-0.39, 0.29) is 12.4 Å². The molecule has 4 heteroatoms. The number of halogens is 2. The normalized spacial score (nSPS) is 18.7. The molecule has 25 heavy (non-hydrogen) atoms. The van der Waals surface area contributed by atoms with Crippen LogP contribution in [0.1, 0.15) is 54.6 Å². The highest BCUT2D eigenvalue weighted by molar-refractivity contribution is 5.97. The van der Waals surface area contributed by atoms with Crippen molar-refractivity contribution in [2.75, 3.05) is 0 Å². The highest BCUT2D eigenvalue weighted by Crippen LogP contribution is 2.55. The molecule has 1 aliphatic carbocycles. The van der Waals surface area contributed by atoms with Crippen LogP contribution in [0.25, 0.3) is 11.1 Å². The number of ether oxygens (including phenoxy) is 1. The SMILES string of the molecule is Cc1ccc(C(=O)OC(C)(C)C)c(-c2ccc(C3CC3(F)F)cc2)c1. The Kier molecular flexibility index (Phi) is 4.18. The first-order chi connectivity index (χ1) is 11.6. The van der Waals surface area contributed by atoms with Gasteiger partial charge in [-0.05, 0) is 50.5 Å². The summed E-state index contributed by atoms with van der Waals surface area (Å²) in [4.78, 5) is 12.5. The lowest BCUT2D eigenvalue weighted by Gasteiger charge is -2.21. The fourth-order valence-electron chi connectivity index (χ4n) is 2.88. The Morgan fingerprint density at radius 1 is 1.12 bits per heavy atom. The van der Waals surface area contributed by atoms with E-state index in [2.05, 4.69) is 0 Å². The smallest absolute Gasteiger partial charge is 0.339 e. The van der Waals surface area contributed by atoms with Gasteiger partial charge in [0.2, 0.25) is 0 Å². The van der Waals surface area contributed by atoms with Crippen LogP contribution in [0.4, 0.5) is 8.78 Å². The Bertz CT molecular complexity index is 802. The summed E-state index contributed by atoms with van der Waals surface area (Å²) in [6.45, 7) is 7.41. The molecule has 0 amide bonds. The fourth-order valence-corrected chi connectivity index (χ4v) is 2.88. The molecule has 0 saturated heterocycles. The first kappa shape index (κ1) is 17.6. The number of benzene rings is 2. The van der Waals surface area contributed by atoms with Gasteiger partial charge in [0, 0.05) is 6.42 Å². The number of carbonyl (C=O) groups is 1. The molecular formula is C21H22F2O2. The van der Waals surface area contributed by atoms with E-state index in [1.165, 1.54) is 0 Å². The fraction of sp³-hybridized carbons (Fsp3) is 0.381. The number of hydrogen-bond acceptors (Lipinski definition) is 2. The second-order valence-electron chi connectivity index (χ2n) is 7.69. The van der Waals surface area contributed by atoms with Crippen molar-refractivity contribution < 1.29 is 18.3 Å². The highest BCUT2D eigenvalue weighted by Gasteiger charge is 2.57. The molecule has 0 aromatic heterocycles. The number of rotatable bonds is 3. The van der Waals surface area contributed by atoms with Crippen LogP contribution in [-0.2, 0) is 4.74 Å². The summed E-state index contributed by atoms with van der Waals surface area (Å²) in [5.74, 6) is -3.64. The van der Waals surface area contributed by atoms with Gasteiger partial charge in [0.1, 0.15) is 5.60 Å². The molecule has 2 aromatic rings. The van der Waals surface area contributed by atoms with E-state index in [0.717, 1.165) is 16.7 Å². The summed E-state index contributed by atoms with van der Waals surface area (Å²) in [7, 11) is 0. The molecule has 1 atom stereocenters. The van der Waals surface area contributed by atoms with Crippen molar-refractivity contribution in [1.29, 1.82) is 0 Å². The zero-order valence-electron chi connectivity index (χ0n) is 14.9. The van der Waals surface area contributed by atoms with Crippen LogP contribution in [0.3, 0.4) is 0 Å². The molecule has 0 N–H and O–H groups in total. The van der Waals surface area contributed by atoms with Gasteiger partial charge in [0.25, 0.3) is 5.92 Å². The number of hydrogen-bond donors (Lipinski definition) is 0. The summed E-state index contributed by atoms with van der Waals surface area (Å²) in [6.07, 6.45) is -0.0834. The van der Waals surface area contributed by atoms with Gasteiger partial charge in [-0.1, -0.05) is 42.0 Å². The van der Waals surface area contributed by atoms with Crippen molar-refractivity contribution in [1.82, 2.24) is 0 Å². The average Bonchev–Trinajstić information content (AvgIpc) is 3.14. The number of aryl methyl sites for hydroxylation is 1. The molecule has 1 fully saturated rings. The molecule has 0 bridgehead atoms. The van der Waals surface area contributed by atoms with Crippen LogP contribution in [0.5, 0.6) is 0 Å². The maximum atomic E-state index is 13.2. The van der Waals surface area contributed by atoms with E-state index in [1.54, 1.807) is 30.3 Å². The summed E-state index contributed by atoms with van der Waals surface area (Å²) in [5, 5.41) is 0. The van der Waals surface area contributed by atoms with E-state index in [1.807, 2.05) is 39.8 Å². The Labute approximate surface area is 146 Å². The summed E-state index contributed by atoms with van der Waals surface area (Å²) < 4.78 is 31.9. The van der Waals surface area contributed by atoms with Crippen molar-refractivity contribution in [3.63, 3.8) is 0 Å². The largest absolute Gasteiger partial charge is 0.456 e. The third-order valence-corrected chi connectivity index (χ3v) is 4.24. The molecule has 132 valence electrons. The van der Waals surface area contributed by atoms with E-state index < -0.39 is 17.4 Å². The van der Waals surface area contributed by atoms with E-state index >= 15 is 0 Å². The lowest BCUT2D eigenvalue weighted by molar-refractivity contribution is 0.00704. The molecule has 3 rings (SSSR count). The van der Waals surface area contributed by atoms with Gasteiger partial charge in [-0.2, -0.15) is 0 Å². The molecule has 0 aliphatic heterocycles. The number of carbonyl (C=O) groups excluding carboxylic acids is 1. The zero-order chi connectivity index (χ0) is 18.4. The van der Waals surface area contributed by atoms with Gasteiger partial charge in [-0.15, -0.1) is 0 Å². The monoisotopic (exact) mass is 344 g/mol. The van der Waals surface area contributed by atoms with E-state index in [9.17, 15) is 13.6 Å².